The topological polar surface area (TPSA) is 71.6 Å². The van der Waals surface area contributed by atoms with Gasteiger partial charge in [0.25, 0.3) is 0 Å². The molecule has 1 aromatic carbocycles. The van der Waals surface area contributed by atoms with Gasteiger partial charge in [0.05, 0.1) is 6.54 Å². The molecule has 0 saturated heterocycles. The zero-order valence-electron chi connectivity index (χ0n) is 12.4. The highest BCUT2D eigenvalue weighted by Gasteiger charge is 2.15. The van der Waals surface area contributed by atoms with E-state index in [4.69, 9.17) is 14.4 Å². The first-order valence-electron chi connectivity index (χ1n) is 7.00. The standard InChI is InChI=1S/C15H21N3O3/c1-12(20-2)15-16-14(21-17-15)11-18(9-6-10-19)13-7-4-3-5-8-13/h3-5,7-8,12,19H,6,9-11H2,1-2H3. The summed E-state index contributed by atoms with van der Waals surface area (Å²) in [5.41, 5.74) is 1.06. The summed E-state index contributed by atoms with van der Waals surface area (Å²) in [6.45, 7) is 3.25. The van der Waals surface area contributed by atoms with Crippen molar-refractivity contribution in [2.45, 2.75) is 26.0 Å². The van der Waals surface area contributed by atoms with Gasteiger partial charge in [0, 0.05) is 25.9 Å². The van der Waals surface area contributed by atoms with E-state index in [9.17, 15) is 0 Å². The third-order valence-corrected chi connectivity index (χ3v) is 3.23. The highest BCUT2D eigenvalue weighted by molar-refractivity contribution is 5.45. The van der Waals surface area contributed by atoms with Crippen LogP contribution in [0.15, 0.2) is 34.9 Å². The number of benzene rings is 1. The maximum Gasteiger partial charge on any atom is 0.246 e. The number of aromatic nitrogens is 2. The van der Waals surface area contributed by atoms with Gasteiger partial charge in [0.15, 0.2) is 5.82 Å². The fourth-order valence-electron chi connectivity index (χ4n) is 1.97. The van der Waals surface area contributed by atoms with Crippen LogP contribution in [-0.2, 0) is 11.3 Å². The summed E-state index contributed by atoms with van der Waals surface area (Å²) in [5.74, 6) is 1.08. The quantitative estimate of drug-likeness (QED) is 0.803. The summed E-state index contributed by atoms with van der Waals surface area (Å²) >= 11 is 0. The Kier molecular flexibility index (Phi) is 5.71. The van der Waals surface area contributed by atoms with Crippen molar-refractivity contribution < 1.29 is 14.4 Å². The lowest BCUT2D eigenvalue weighted by Gasteiger charge is -2.22. The van der Waals surface area contributed by atoms with Crippen LogP contribution in [0.1, 0.15) is 31.2 Å². The van der Waals surface area contributed by atoms with E-state index in [2.05, 4.69) is 15.0 Å². The molecular weight excluding hydrogens is 270 g/mol. The zero-order valence-corrected chi connectivity index (χ0v) is 12.4. The molecule has 0 spiro atoms. The van der Waals surface area contributed by atoms with E-state index in [1.807, 2.05) is 37.3 Å². The van der Waals surface area contributed by atoms with Gasteiger partial charge in [-0.1, -0.05) is 23.4 Å². The van der Waals surface area contributed by atoms with Gasteiger partial charge >= 0.3 is 0 Å². The Morgan fingerprint density at radius 3 is 2.76 bits per heavy atom. The van der Waals surface area contributed by atoms with E-state index in [-0.39, 0.29) is 12.7 Å². The highest BCUT2D eigenvalue weighted by Crippen LogP contribution is 2.18. The number of ether oxygens (including phenoxy) is 1. The predicted octanol–water partition coefficient (Wildman–Crippen LogP) is 2.17. The van der Waals surface area contributed by atoms with Gasteiger partial charge in [-0.25, -0.2) is 0 Å². The van der Waals surface area contributed by atoms with Crippen molar-refractivity contribution in [3.05, 3.63) is 42.0 Å². The maximum absolute atomic E-state index is 9.04. The minimum absolute atomic E-state index is 0.152. The molecule has 0 fully saturated rings. The van der Waals surface area contributed by atoms with Crippen LogP contribution < -0.4 is 4.90 Å². The van der Waals surface area contributed by atoms with Crippen LogP contribution in [0.2, 0.25) is 0 Å². The van der Waals surface area contributed by atoms with Crippen LogP contribution in [-0.4, -0.2) is 35.5 Å². The van der Waals surface area contributed by atoms with E-state index in [1.165, 1.54) is 0 Å². The first-order valence-corrected chi connectivity index (χ1v) is 7.00. The lowest BCUT2D eigenvalue weighted by atomic mass is 10.2. The summed E-state index contributed by atoms with van der Waals surface area (Å²) in [6, 6.07) is 9.97. The third kappa shape index (κ3) is 4.27. The second kappa shape index (κ2) is 7.75. The lowest BCUT2D eigenvalue weighted by molar-refractivity contribution is 0.109. The molecule has 6 heteroatoms. The van der Waals surface area contributed by atoms with E-state index in [1.54, 1.807) is 7.11 Å². The Balaban J connectivity index is 2.09. The second-order valence-corrected chi connectivity index (χ2v) is 4.76. The summed E-state index contributed by atoms with van der Waals surface area (Å²) < 4.78 is 10.4. The Bertz CT molecular complexity index is 530. The number of hydrogen-bond acceptors (Lipinski definition) is 6. The molecule has 0 aliphatic rings. The van der Waals surface area contributed by atoms with Gasteiger partial charge in [0.2, 0.25) is 5.89 Å². The largest absolute Gasteiger partial charge is 0.396 e. The number of nitrogens with zero attached hydrogens (tertiary/aromatic N) is 3. The molecule has 21 heavy (non-hydrogen) atoms. The Morgan fingerprint density at radius 2 is 2.10 bits per heavy atom. The van der Waals surface area contributed by atoms with Crippen LogP contribution in [0.4, 0.5) is 5.69 Å². The first-order chi connectivity index (χ1) is 10.2. The number of anilines is 1. The maximum atomic E-state index is 9.04. The van der Waals surface area contributed by atoms with Gasteiger partial charge in [0.1, 0.15) is 6.10 Å². The fraction of sp³-hybridized carbons (Fsp3) is 0.467. The Morgan fingerprint density at radius 1 is 1.33 bits per heavy atom. The molecule has 1 unspecified atom stereocenters. The molecule has 0 aliphatic carbocycles. The van der Waals surface area contributed by atoms with Crippen LogP contribution in [0.3, 0.4) is 0 Å². The third-order valence-electron chi connectivity index (χ3n) is 3.23. The molecule has 0 amide bonds. The average molecular weight is 291 g/mol. The normalized spacial score (nSPS) is 12.3. The van der Waals surface area contributed by atoms with E-state index < -0.39 is 0 Å². The number of methoxy groups -OCH3 is 1. The molecule has 0 bridgehead atoms. The summed E-state index contributed by atoms with van der Waals surface area (Å²) in [5, 5.41) is 13.0. The predicted molar refractivity (Wildman–Crippen MR) is 78.9 cm³/mol. The number of para-hydroxylation sites is 1. The van der Waals surface area contributed by atoms with Crippen molar-refractivity contribution in [1.82, 2.24) is 10.1 Å². The van der Waals surface area contributed by atoms with Crippen molar-refractivity contribution in [3.8, 4) is 0 Å². The van der Waals surface area contributed by atoms with Crippen molar-refractivity contribution in [2.75, 3.05) is 25.2 Å². The number of rotatable bonds is 8. The molecular formula is C15H21N3O3. The molecule has 0 radical (unpaired) electrons. The van der Waals surface area contributed by atoms with Crippen LogP contribution in [0.5, 0.6) is 0 Å². The lowest BCUT2D eigenvalue weighted by Crippen LogP contribution is -2.24. The molecule has 114 valence electrons. The van der Waals surface area contributed by atoms with Gasteiger partial charge in [-0.2, -0.15) is 4.98 Å². The highest BCUT2D eigenvalue weighted by atomic mass is 16.5. The van der Waals surface area contributed by atoms with Gasteiger partial charge in [-0.3, -0.25) is 0 Å². The number of aliphatic hydroxyl groups excluding tert-OH is 1. The minimum Gasteiger partial charge on any atom is -0.396 e. The fourth-order valence-corrected chi connectivity index (χ4v) is 1.97. The first kappa shape index (κ1) is 15.5. The average Bonchev–Trinajstić information content (AvgIpc) is 3.00. The summed E-state index contributed by atoms with van der Waals surface area (Å²) in [4.78, 5) is 6.45. The molecule has 2 aromatic rings. The zero-order chi connectivity index (χ0) is 15.1. The molecule has 0 aliphatic heterocycles. The van der Waals surface area contributed by atoms with E-state index in [0.29, 0.717) is 24.7 Å². The molecule has 1 atom stereocenters. The molecule has 1 aromatic heterocycles. The van der Waals surface area contributed by atoms with Gasteiger partial charge < -0.3 is 19.3 Å². The second-order valence-electron chi connectivity index (χ2n) is 4.76. The van der Waals surface area contributed by atoms with E-state index >= 15 is 0 Å². The van der Waals surface area contributed by atoms with Crippen LogP contribution in [0.25, 0.3) is 0 Å². The molecule has 2 rings (SSSR count). The molecule has 0 saturated carbocycles. The summed E-state index contributed by atoms with van der Waals surface area (Å²) in [7, 11) is 1.61. The smallest absolute Gasteiger partial charge is 0.246 e. The Hall–Kier alpha value is -1.92. The van der Waals surface area contributed by atoms with Crippen LogP contribution >= 0.6 is 0 Å². The number of aliphatic hydroxyl groups is 1. The molecule has 6 nitrogen and oxygen atoms in total. The van der Waals surface area contributed by atoms with Crippen molar-refractivity contribution in [2.24, 2.45) is 0 Å². The number of hydrogen-bond donors (Lipinski definition) is 1. The van der Waals surface area contributed by atoms with Crippen molar-refractivity contribution in [3.63, 3.8) is 0 Å². The van der Waals surface area contributed by atoms with Gasteiger partial charge in [-0.05, 0) is 25.5 Å². The summed E-state index contributed by atoms with van der Waals surface area (Å²) in [6.07, 6.45) is 0.495. The molecule has 1 heterocycles. The van der Waals surface area contributed by atoms with E-state index in [0.717, 1.165) is 12.2 Å². The monoisotopic (exact) mass is 291 g/mol. The Labute approximate surface area is 124 Å². The SMILES string of the molecule is COC(C)c1noc(CN(CCCO)c2ccccc2)n1. The van der Waals surface area contributed by atoms with Crippen molar-refractivity contribution in [1.29, 1.82) is 0 Å². The van der Waals surface area contributed by atoms with Gasteiger partial charge in [-0.15, -0.1) is 0 Å². The minimum atomic E-state index is -0.190. The van der Waals surface area contributed by atoms with Crippen LogP contribution in [0, 0.1) is 0 Å². The molecule has 1 N–H and O–H groups in total. The van der Waals surface area contributed by atoms with Crippen molar-refractivity contribution >= 4 is 5.69 Å².